The van der Waals surface area contributed by atoms with Crippen molar-refractivity contribution in [3.63, 3.8) is 0 Å². The van der Waals surface area contributed by atoms with Crippen molar-refractivity contribution in [1.29, 1.82) is 0 Å². The lowest BCUT2D eigenvalue weighted by Crippen LogP contribution is -2.37. The Labute approximate surface area is 140 Å². The summed E-state index contributed by atoms with van der Waals surface area (Å²) in [7, 11) is -3.60. The number of sulfonamides is 1. The third-order valence-electron chi connectivity index (χ3n) is 3.52. The molecule has 0 unspecified atom stereocenters. The minimum absolute atomic E-state index is 0.147. The highest BCUT2D eigenvalue weighted by Crippen LogP contribution is 2.36. The Morgan fingerprint density at radius 3 is 2.10 bits per heavy atom. The second kappa shape index (κ2) is 7.38. The Kier molecular flexibility index (Phi) is 6.62. The molecule has 1 rings (SSSR count). The van der Waals surface area contributed by atoms with Gasteiger partial charge in [-0.15, -0.1) is 0 Å². The molecule has 0 spiro atoms. The molecule has 0 aliphatic heterocycles. The number of hydrogen-bond acceptors (Lipinski definition) is 3. The molecule has 21 heavy (non-hydrogen) atoms. The largest absolute Gasteiger partial charge is 0.491 e. The van der Waals surface area contributed by atoms with Crippen LogP contribution in [0, 0.1) is 5.41 Å². The molecule has 0 radical (unpaired) electrons. The summed E-state index contributed by atoms with van der Waals surface area (Å²) in [6.45, 7) is 3.97. The quantitative estimate of drug-likeness (QED) is 0.730. The van der Waals surface area contributed by atoms with Crippen molar-refractivity contribution in [1.82, 2.24) is 0 Å². The fourth-order valence-corrected chi connectivity index (χ4v) is 3.91. The smallest absolute Gasteiger partial charge is 0.209 e. The highest BCUT2D eigenvalue weighted by atomic mass is 35.5. The normalized spacial score (nSPS) is 12.5. The lowest BCUT2D eigenvalue weighted by molar-refractivity contribution is 0.154. The topological polar surface area (TPSA) is 69.4 Å². The number of ether oxygens (including phenoxy) is 1. The summed E-state index contributed by atoms with van der Waals surface area (Å²) in [6, 6.07) is 3.00. The van der Waals surface area contributed by atoms with E-state index in [1.807, 2.05) is 13.8 Å². The summed E-state index contributed by atoms with van der Waals surface area (Å²) in [4.78, 5) is 0. The van der Waals surface area contributed by atoms with Crippen LogP contribution in [0.2, 0.25) is 15.1 Å². The molecule has 2 N–H and O–H groups in total. The Bertz CT molecular complexity index is 601. The van der Waals surface area contributed by atoms with Gasteiger partial charge in [0.25, 0.3) is 0 Å². The van der Waals surface area contributed by atoms with E-state index in [1.165, 1.54) is 12.1 Å². The summed E-state index contributed by atoms with van der Waals surface area (Å²) < 4.78 is 28.5. The number of primary sulfonamides is 1. The van der Waals surface area contributed by atoms with Crippen molar-refractivity contribution in [2.24, 2.45) is 10.6 Å². The predicted molar refractivity (Wildman–Crippen MR) is 88.0 cm³/mol. The molecule has 0 aliphatic carbocycles. The van der Waals surface area contributed by atoms with Crippen molar-refractivity contribution < 1.29 is 13.2 Å². The van der Waals surface area contributed by atoms with Crippen LogP contribution in [0.25, 0.3) is 0 Å². The van der Waals surface area contributed by atoms with Crippen molar-refractivity contribution in [2.75, 3.05) is 12.4 Å². The Morgan fingerprint density at radius 1 is 1.10 bits per heavy atom. The van der Waals surface area contributed by atoms with E-state index in [0.29, 0.717) is 33.7 Å². The molecule has 0 atom stereocenters. The Hall–Kier alpha value is -0.200. The number of nitrogens with two attached hydrogens (primary N) is 1. The van der Waals surface area contributed by atoms with Crippen LogP contribution in [0.3, 0.4) is 0 Å². The Balaban J connectivity index is 2.95. The van der Waals surface area contributed by atoms with Gasteiger partial charge in [0, 0.05) is 11.5 Å². The van der Waals surface area contributed by atoms with Gasteiger partial charge in [0.2, 0.25) is 10.0 Å². The molecule has 4 nitrogen and oxygen atoms in total. The van der Waals surface area contributed by atoms with Gasteiger partial charge >= 0.3 is 0 Å². The fourth-order valence-electron chi connectivity index (χ4n) is 1.97. The summed E-state index contributed by atoms with van der Waals surface area (Å²) in [5.74, 6) is 0.220. The third-order valence-corrected chi connectivity index (χ3v) is 5.55. The van der Waals surface area contributed by atoms with Crippen LogP contribution in [-0.4, -0.2) is 20.8 Å². The maximum Gasteiger partial charge on any atom is 0.209 e. The summed E-state index contributed by atoms with van der Waals surface area (Å²) in [5, 5.41) is 6.14. The van der Waals surface area contributed by atoms with Gasteiger partial charge in [0.1, 0.15) is 5.75 Å². The van der Waals surface area contributed by atoms with E-state index in [0.717, 1.165) is 0 Å². The molecule has 8 heteroatoms. The first-order valence-electron chi connectivity index (χ1n) is 6.40. The lowest BCUT2D eigenvalue weighted by atomic mass is 9.85. The van der Waals surface area contributed by atoms with Crippen molar-refractivity contribution in [3.8, 4) is 5.75 Å². The second-order valence-electron chi connectivity index (χ2n) is 5.00. The minimum atomic E-state index is -3.60. The molecule has 0 saturated carbocycles. The van der Waals surface area contributed by atoms with E-state index < -0.39 is 15.4 Å². The average Bonchev–Trinajstić information content (AvgIpc) is 2.38. The predicted octanol–water partition coefficient (Wildman–Crippen LogP) is 4.12. The van der Waals surface area contributed by atoms with Crippen LogP contribution in [0.1, 0.15) is 26.7 Å². The van der Waals surface area contributed by atoms with Gasteiger partial charge in [-0.1, -0.05) is 48.7 Å². The molecule has 0 bridgehead atoms. The number of benzene rings is 1. The van der Waals surface area contributed by atoms with Crippen LogP contribution < -0.4 is 9.88 Å². The van der Waals surface area contributed by atoms with Gasteiger partial charge in [-0.25, -0.2) is 13.6 Å². The van der Waals surface area contributed by atoms with E-state index in [4.69, 9.17) is 44.7 Å². The van der Waals surface area contributed by atoms with Gasteiger partial charge in [0.15, 0.2) is 0 Å². The van der Waals surface area contributed by atoms with Crippen LogP contribution >= 0.6 is 34.8 Å². The molecular formula is C13H18Cl3NO3S. The summed E-state index contributed by atoms with van der Waals surface area (Å²) in [6.07, 6.45) is 1.22. The van der Waals surface area contributed by atoms with E-state index in [-0.39, 0.29) is 12.4 Å². The third kappa shape index (κ3) is 5.49. The number of halogens is 3. The number of rotatable bonds is 7. The second-order valence-corrected chi connectivity index (χ2v) is 7.84. The molecule has 0 saturated heterocycles. The first-order valence-corrected chi connectivity index (χ1v) is 9.25. The highest BCUT2D eigenvalue weighted by Gasteiger charge is 2.32. The van der Waals surface area contributed by atoms with Crippen molar-refractivity contribution >= 4 is 44.8 Å². The van der Waals surface area contributed by atoms with Gasteiger partial charge in [-0.05, 0) is 18.9 Å². The zero-order chi connectivity index (χ0) is 16.3. The maximum atomic E-state index is 11.4. The Morgan fingerprint density at radius 2 is 1.62 bits per heavy atom. The molecule has 0 heterocycles. The summed E-state index contributed by atoms with van der Waals surface area (Å²) >= 11 is 17.8. The SMILES string of the molecule is CCC(CC)(COc1cc(Cl)c(Cl)cc1Cl)CS(N)(=O)=O. The van der Waals surface area contributed by atoms with Crippen molar-refractivity contribution in [2.45, 2.75) is 26.7 Å². The lowest BCUT2D eigenvalue weighted by Gasteiger charge is -2.30. The maximum absolute atomic E-state index is 11.4. The van der Waals surface area contributed by atoms with Gasteiger partial charge in [-0.3, -0.25) is 0 Å². The first-order chi connectivity index (χ1) is 9.62. The van der Waals surface area contributed by atoms with Crippen LogP contribution in [0.5, 0.6) is 5.75 Å². The number of hydrogen-bond donors (Lipinski definition) is 1. The zero-order valence-electron chi connectivity index (χ0n) is 11.8. The zero-order valence-corrected chi connectivity index (χ0v) is 14.9. The monoisotopic (exact) mass is 373 g/mol. The molecule has 1 aromatic rings. The van der Waals surface area contributed by atoms with Gasteiger partial charge in [-0.2, -0.15) is 0 Å². The standard InChI is InChI=1S/C13H18Cl3NO3S/c1-3-13(4-2,8-21(17,18)19)7-20-12-6-10(15)9(14)5-11(12)16/h5-6H,3-4,7-8H2,1-2H3,(H2,17,18,19). The molecular weight excluding hydrogens is 357 g/mol. The minimum Gasteiger partial charge on any atom is -0.491 e. The molecule has 0 fully saturated rings. The van der Waals surface area contributed by atoms with Crippen LogP contribution in [0.4, 0.5) is 0 Å². The molecule has 0 aromatic heterocycles. The first kappa shape index (κ1) is 18.8. The van der Waals surface area contributed by atoms with Crippen LogP contribution in [0.15, 0.2) is 12.1 Å². The van der Waals surface area contributed by atoms with E-state index in [9.17, 15) is 8.42 Å². The van der Waals surface area contributed by atoms with Crippen molar-refractivity contribution in [3.05, 3.63) is 27.2 Å². The average molecular weight is 375 g/mol. The molecule has 1 aromatic carbocycles. The van der Waals surface area contributed by atoms with E-state index in [1.54, 1.807) is 0 Å². The van der Waals surface area contributed by atoms with Gasteiger partial charge < -0.3 is 4.74 Å². The van der Waals surface area contributed by atoms with Crippen LogP contribution in [-0.2, 0) is 10.0 Å². The molecule has 0 amide bonds. The van der Waals surface area contributed by atoms with E-state index in [2.05, 4.69) is 0 Å². The van der Waals surface area contributed by atoms with E-state index >= 15 is 0 Å². The summed E-state index contributed by atoms with van der Waals surface area (Å²) in [5.41, 5.74) is -0.566. The molecule has 120 valence electrons. The highest BCUT2D eigenvalue weighted by molar-refractivity contribution is 7.89. The molecule has 0 aliphatic rings. The van der Waals surface area contributed by atoms with Gasteiger partial charge in [0.05, 0.1) is 27.4 Å². The fraction of sp³-hybridized carbons (Fsp3) is 0.538.